The summed E-state index contributed by atoms with van der Waals surface area (Å²) in [5, 5.41) is 6.10. The van der Waals surface area contributed by atoms with Crippen molar-refractivity contribution in [1.29, 1.82) is 0 Å². The van der Waals surface area contributed by atoms with E-state index in [1.807, 2.05) is 45.9 Å². The Balaban J connectivity index is 0.960. The Morgan fingerprint density at radius 3 is 2.04 bits per heavy atom. The Labute approximate surface area is 427 Å². The molecule has 0 radical (unpaired) electrons. The van der Waals surface area contributed by atoms with Gasteiger partial charge in [-0.2, -0.15) is 13.2 Å². The summed E-state index contributed by atoms with van der Waals surface area (Å²) in [6, 6.07) is 10.1. The summed E-state index contributed by atoms with van der Waals surface area (Å²) < 4.78 is 83.1. The summed E-state index contributed by atoms with van der Waals surface area (Å²) in [6.07, 6.45) is -0.287. The number of benzene rings is 2. The molecule has 0 saturated carbocycles. The molecule has 4 N–H and O–H groups in total. The van der Waals surface area contributed by atoms with Crippen molar-refractivity contribution in [3.05, 3.63) is 88.1 Å². The van der Waals surface area contributed by atoms with Crippen LogP contribution in [-0.2, 0) is 30.0 Å². The Kier molecular flexibility index (Phi) is 13.7. The van der Waals surface area contributed by atoms with Gasteiger partial charge in [-0.15, -0.1) is 11.3 Å². The Morgan fingerprint density at radius 1 is 0.811 bits per heavy atom. The third-order valence-corrected chi connectivity index (χ3v) is 15.8. The molecule has 3 fully saturated rings. The third kappa shape index (κ3) is 9.57. The second-order valence-electron chi connectivity index (χ2n) is 19.9. The van der Waals surface area contributed by atoms with Gasteiger partial charge in [0.15, 0.2) is 0 Å². The molecule has 3 saturated heterocycles. The van der Waals surface area contributed by atoms with Crippen LogP contribution in [0.15, 0.2) is 60.9 Å². The van der Waals surface area contributed by atoms with Gasteiger partial charge in [0.2, 0.25) is 18.0 Å². The number of ether oxygens (including phenoxy) is 4. The fourth-order valence-electron chi connectivity index (χ4n) is 11.2. The fourth-order valence-corrected chi connectivity index (χ4v) is 12.1. The number of aromatic amines is 2. The van der Waals surface area contributed by atoms with E-state index in [0.717, 1.165) is 12.5 Å². The number of hydrogen-bond donors (Lipinski definition) is 4. The standard InChI is InChI=1S/C52H57F4N9O8S/c1-25(2)43(61-50(68)70-5)47(66)63-15-7-9-36(63)46-58-24-34(60-46)29-20-32(53)42-38-21-30-19-28(11-12-35(30)65(38)49(73-39(42)22-29)40-13-14-41(74-40)52(54,55)56)33-23-57-45(59-33)37-10-8-16-64(37)48(67)44(62-51(69)71-6)31-17-26(3)72-27(4)18-31/h11-14,19-27,31,36-37,43-44,49H,7-10,15-18H2,1-6H3,(H,57,59)(H,58,60)(H,61,68)(H,62,69)/t26-,27+,31?,36-,37-,43-,44?,49?/m0/s1. The highest BCUT2D eigenvalue weighted by molar-refractivity contribution is 7.12. The zero-order valence-corrected chi connectivity index (χ0v) is 42.4. The van der Waals surface area contributed by atoms with E-state index in [0.29, 0.717) is 107 Å². The fraction of sp³-hybridized carbons (Fsp3) is 0.462. The number of amides is 4. The van der Waals surface area contributed by atoms with E-state index in [-0.39, 0.29) is 52.0 Å². The maximum atomic E-state index is 16.9. The van der Waals surface area contributed by atoms with Crippen LogP contribution in [0.4, 0.5) is 27.2 Å². The van der Waals surface area contributed by atoms with Crippen molar-refractivity contribution < 1.29 is 55.7 Å². The van der Waals surface area contributed by atoms with Gasteiger partial charge in [-0.05, 0) is 107 Å². The number of H-pyrrole nitrogens is 2. The summed E-state index contributed by atoms with van der Waals surface area (Å²) >= 11 is 0.543. The number of carbonyl (C=O) groups excluding carboxylic acids is 4. The van der Waals surface area contributed by atoms with Crippen molar-refractivity contribution in [2.24, 2.45) is 11.8 Å². The molecular formula is C52H57F4N9O8S. The highest BCUT2D eigenvalue weighted by atomic mass is 32.1. The molecule has 8 heterocycles. The lowest BCUT2D eigenvalue weighted by Gasteiger charge is -2.38. The first-order valence-corrected chi connectivity index (χ1v) is 25.6. The lowest BCUT2D eigenvalue weighted by Crippen LogP contribution is -2.54. The SMILES string of the molecule is COC(=O)NC(C(=O)N1CCC[C@H]1c1ncc(-c2ccc3c(c2)cc2n3C(c3ccc(C(F)(F)F)s3)Oc3cc(-c4cnc([C@@H]5CCCN5C(=O)[C@@H](NC(=O)OC)C(C)C)[nH]4)cc(F)c3-2)[nH]1)C1C[C@@H](C)O[C@@H](C)C1. The molecule has 8 atom stereocenters. The maximum Gasteiger partial charge on any atom is 0.425 e. The van der Waals surface area contributed by atoms with E-state index < -0.39 is 59.5 Å². The van der Waals surface area contributed by atoms with Gasteiger partial charge < -0.3 is 49.3 Å². The quantitative estimate of drug-likeness (QED) is 0.0907. The Morgan fingerprint density at radius 2 is 1.43 bits per heavy atom. The number of halogens is 4. The van der Waals surface area contributed by atoms with Gasteiger partial charge in [0, 0.05) is 29.6 Å². The predicted octanol–water partition coefficient (Wildman–Crippen LogP) is 9.88. The number of fused-ring (bicyclic) bond motifs is 5. The smallest absolute Gasteiger partial charge is 0.425 e. The number of carbonyl (C=O) groups is 4. The number of nitrogens with zero attached hydrogens (tertiary/aromatic N) is 5. The molecule has 3 unspecified atom stereocenters. The zero-order valence-electron chi connectivity index (χ0n) is 41.5. The molecule has 4 aromatic heterocycles. The minimum atomic E-state index is -4.60. The lowest BCUT2D eigenvalue weighted by molar-refractivity contribution is -0.138. The van der Waals surface area contributed by atoms with Gasteiger partial charge >= 0.3 is 18.4 Å². The average molecular weight is 1040 g/mol. The summed E-state index contributed by atoms with van der Waals surface area (Å²) in [5.41, 5.74) is 3.21. The van der Waals surface area contributed by atoms with Gasteiger partial charge in [0.1, 0.15) is 40.2 Å². The number of rotatable bonds is 11. The first-order valence-electron chi connectivity index (χ1n) is 24.8. The average Bonchev–Trinajstić information content (AvgIpc) is 4.23. The Bertz CT molecular complexity index is 3100. The number of alkyl carbamates (subject to hydrolysis) is 2. The number of alkyl halides is 3. The summed E-state index contributed by atoms with van der Waals surface area (Å²) in [6.45, 7) is 8.46. The highest BCUT2D eigenvalue weighted by Crippen LogP contribution is 2.49. The van der Waals surface area contributed by atoms with Crippen LogP contribution in [0, 0.1) is 17.7 Å². The van der Waals surface area contributed by atoms with Crippen LogP contribution in [0.3, 0.4) is 0 Å². The van der Waals surface area contributed by atoms with Gasteiger partial charge in [-0.1, -0.05) is 19.9 Å². The number of likely N-dealkylation sites (tertiary alicyclic amines) is 2. The highest BCUT2D eigenvalue weighted by Gasteiger charge is 2.43. The Hall–Kier alpha value is -6.94. The number of thiophene rings is 1. The van der Waals surface area contributed by atoms with Crippen LogP contribution in [0.5, 0.6) is 5.75 Å². The van der Waals surface area contributed by atoms with E-state index in [4.69, 9.17) is 23.9 Å². The van der Waals surface area contributed by atoms with E-state index >= 15 is 4.39 Å². The largest absolute Gasteiger partial charge is 0.464 e. The summed E-state index contributed by atoms with van der Waals surface area (Å²) in [4.78, 5) is 71.8. The maximum absolute atomic E-state index is 16.9. The predicted molar refractivity (Wildman–Crippen MR) is 264 cm³/mol. The molecule has 4 amide bonds. The first-order chi connectivity index (χ1) is 35.4. The van der Waals surface area contributed by atoms with Crippen LogP contribution in [0.1, 0.15) is 106 Å². The molecule has 2 aromatic carbocycles. The normalized spacial score (nSPS) is 22.5. The number of imidazole rings is 2. The topological polar surface area (TPSA) is 198 Å². The molecular weight excluding hydrogens is 987 g/mol. The minimum absolute atomic E-state index is 0.0937. The van der Waals surface area contributed by atoms with Crippen molar-refractivity contribution in [3.63, 3.8) is 0 Å². The molecule has 0 bridgehead atoms. The number of nitrogens with one attached hydrogen (secondary N) is 4. The van der Waals surface area contributed by atoms with E-state index in [1.165, 1.54) is 32.5 Å². The zero-order chi connectivity index (χ0) is 52.3. The van der Waals surface area contributed by atoms with Crippen molar-refractivity contribution in [2.45, 2.75) is 115 Å². The van der Waals surface area contributed by atoms with Gasteiger partial charge in [-0.3, -0.25) is 14.2 Å². The van der Waals surface area contributed by atoms with Crippen molar-refractivity contribution in [2.75, 3.05) is 27.3 Å². The van der Waals surface area contributed by atoms with Crippen LogP contribution in [0.25, 0.3) is 44.7 Å². The van der Waals surface area contributed by atoms with Crippen molar-refractivity contribution in [1.82, 2.24) is 44.9 Å². The molecule has 74 heavy (non-hydrogen) atoms. The number of hydrogen-bond acceptors (Lipinski definition) is 11. The van der Waals surface area contributed by atoms with Crippen molar-refractivity contribution >= 4 is 46.2 Å². The summed E-state index contributed by atoms with van der Waals surface area (Å²) in [7, 11) is 2.49. The van der Waals surface area contributed by atoms with E-state index in [9.17, 15) is 32.3 Å². The minimum Gasteiger partial charge on any atom is -0.464 e. The number of aromatic nitrogens is 5. The molecule has 10 rings (SSSR count). The molecule has 392 valence electrons. The van der Waals surface area contributed by atoms with E-state index in [2.05, 4.69) is 25.6 Å². The molecule has 0 aliphatic carbocycles. The first kappa shape index (κ1) is 50.6. The second-order valence-corrected chi connectivity index (χ2v) is 21.0. The molecule has 4 aliphatic rings. The summed E-state index contributed by atoms with van der Waals surface area (Å²) in [5.74, 6) is -0.436. The second kappa shape index (κ2) is 20.1. The molecule has 6 aromatic rings. The third-order valence-electron chi connectivity index (χ3n) is 14.6. The monoisotopic (exact) mass is 1040 g/mol. The number of methoxy groups -OCH3 is 2. The molecule has 22 heteroatoms. The van der Waals surface area contributed by atoms with E-state index in [1.54, 1.807) is 32.7 Å². The van der Waals surface area contributed by atoms with Crippen LogP contribution in [-0.4, -0.2) is 110 Å². The van der Waals surface area contributed by atoms with Crippen LogP contribution >= 0.6 is 11.3 Å². The van der Waals surface area contributed by atoms with Crippen LogP contribution in [0.2, 0.25) is 0 Å². The van der Waals surface area contributed by atoms with Crippen LogP contribution < -0.4 is 15.4 Å². The molecule has 17 nitrogen and oxygen atoms in total. The van der Waals surface area contributed by atoms with Gasteiger partial charge in [-0.25, -0.2) is 23.9 Å². The van der Waals surface area contributed by atoms with Gasteiger partial charge in [0.05, 0.1) is 83.9 Å². The van der Waals surface area contributed by atoms with Crippen molar-refractivity contribution in [3.8, 4) is 39.5 Å². The molecule has 4 aliphatic heterocycles. The molecule has 0 spiro atoms. The lowest BCUT2D eigenvalue weighted by atomic mass is 9.85. The van der Waals surface area contributed by atoms with Gasteiger partial charge in [0.25, 0.3) is 0 Å².